The van der Waals surface area contributed by atoms with Gasteiger partial charge in [0.2, 0.25) is 0 Å². The average Bonchev–Trinajstić information content (AvgIpc) is 3.08. The van der Waals surface area contributed by atoms with Crippen molar-refractivity contribution < 1.29 is 4.74 Å². The van der Waals surface area contributed by atoms with E-state index in [9.17, 15) is 0 Å². The van der Waals surface area contributed by atoms with Crippen molar-refractivity contribution in [2.75, 3.05) is 52.3 Å². The van der Waals surface area contributed by atoms with Crippen LogP contribution in [-0.2, 0) is 0 Å². The van der Waals surface area contributed by atoms with Gasteiger partial charge in [0.15, 0.2) is 5.96 Å². The van der Waals surface area contributed by atoms with Crippen LogP contribution in [0.1, 0.15) is 20.3 Å². The second-order valence-electron chi connectivity index (χ2n) is 6.82. The van der Waals surface area contributed by atoms with Crippen molar-refractivity contribution in [2.24, 2.45) is 4.99 Å². The van der Waals surface area contributed by atoms with Gasteiger partial charge in [0, 0.05) is 45.3 Å². The van der Waals surface area contributed by atoms with Crippen molar-refractivity contribution in [3.63, 3.8) is 0 Å². The van der Waals surface area contributed by atoms with E-state index in [0.29, 0.717) is 12.1 Å². The second kappa shape index (κ2) is 11.5. The first-order valence-corrected chi connectivity index (χ1v) is 9.10. The summed E-state index contributed by atoms with van der Waals surface area (Å²) in [6.07, 6.45) is 1.09. The van der Waals surface area contributed by atoms with Crippen LogP contribution in [0, 0.1) is 0 Å². The lowest BCUT2D eigenvalue weighted by Gasteiger charge is -2.23. The van der Waals surface area contributed by atoms with E-state index in [1.807, 2.05) is 19.2 Å². The first-order valence-electron chi connectivity index (χ1n) is 9.10. The number of nitrogens with zero attached hydrogens (tertiary/aromatic N) is 3. The molecular formula is C19H34IN5O. The van der Waals surface area contributed by atoms with Crippen LogP contribution < -0.4 is 20.3 Å². The Morgan fingerprint density at radius 3 is 2.77 bits per heavy atom. The smallest absolute Gasteiger partial charge is 0.191 e. The molecule has 1 aliphatic rings. The Labute approximate surface area is 175 Å². The molecule has 0 saturated carbocycles. The Morgan fingerprint density at radius 2 is 2.12 bits per heavy atom. The zero-order valence-corrected chi connectivity index (χ0v) is 19.0. The van der Waals surface area contributed by atoms with E-state index >= 15 is 0 Å². The number of aliphatic imine (C=N–C) groups is 1. The molecule has 0 aromatic heterocycles. The highest BCUT2D eigenvalue weighted by Gasteiger charge is 2.25. The molecule has 1 aromatic rings. The highest BCUT2D eigenvalue weighted by molar-refractivity contribution is 14.0. The molecule has 0 radical (unpaired) electrons. The quantitative estimate of drug-likeness (QED) is 0.361. The molecule has 0 bridgehead atoms. The summed E-state index contributed by atoms with van der Waals surface area (Å²) in [6, 6.07) is 9.15. The SMILES string of the molecule is CN=C(NCCN(C)C(C)C)NC1CCN(c2ccccc2OC)C1.I. The van der Waals surface area contributed by atoms with E-state index in [4.69, 9.17) is 4.74 Å². The fourth-order valence-electron chi connectivity index (χ4n) is 2.98. The van der Waals surface area contributed by atoms with E-state index in [1.54, 1.807) is 7.11 Å². The maximum absolute atomic E-state index is 5.49. The highest BCUT2D eigenvalue weighted by Crippen LogP contribution is 2.30. The number of hydrogen-bond acceptors (Lipinski definition) is 4. The van der Waals surface area contributed by atoms with Crippen molar-refractivity contribution in [1.29, 1.82) is 0 Å². The van der Waals surface area contributed by atoms with Gasteiger partial charge in [-0.25, -0.2) is 0 Å². The van der Waals surface area contributed by atoms with Gasteiger partial charge in [0.25, 0.3) is 0 Å². The summed E-state index contributed by atoms with van der Waals surface area (Å²) in [5.41, 5.74) is 1.16. The summed E-state index contributed by atoms with van der Waals surface area (Å²) in [4.78, 5) is 9.05. The van der Waals surface area contributed by atoms with E-state index in [0.717, 1.165) is 50.0 Å². The number of para-hydroxylation sites is 2. The molecule has 26 heavy (non-hydrogen) atoms. The number of hydrogen-bond donors (Lipinski definition) is 2. The first kappa shape index (κ1) is 22.8. The van der Waals surface area contributed by atoms with Gasteiger partial charge in [-0.15, -0.1) is 24.0 Å². The minimum Gasteiger partial charge on any atom is -0.495 e. The summed E-state index contributed by atoms with van der Waals surface area (Å²) in [6.45, 7) is 8.27. The van der Waals surface area contributed by atoms with E-state index in [2.05, 4.69) is 58.5 Å². The van der Waals surface area contributed by atoms with Crippen molar-refractivity contribution >= 4 is 35.6 Å². The molecule has 0 aliphatic carbocycles. The molecule has 1 unspecified atom stereocenters. The number of likely N-dealkylation sites (N-methyl/N-ethyl adjacent to an activating group) is 1. The number of guanidine groups is 1. The van der Waals surface area contributed by atoms with Crippen LogP contribution in [0.4, 0.5) is 5.69 Å². The third-order valence-electron chi connectivity index (χ3n) is 4.82. The largest absolute Gasteiger partial charge is 0.495 e. The summed E-state index contributed by atoms with van der Waals surface area (Å²) in [7, 11) is 5.70. The lowest BCUT2D eigenvalue weighted by atomic mass is 10.2. The zero-order valence-electron chi connectivity index (χ0n) is 16.7. The van der Waals surface area contributed by atoms with Gasteiger partial charge in [-0.2, -0.15) is 0 Å². The van der Waals surface area contributed by atoms with E-state index in [1.165, 1.54) is 0 Å². The molecule has 1 atom stereocenters. The second-order valence-corrected chi connectivity index (χ2v) is 6.82. The minimum absolute atomic E-state index is 0. The first-order chi connectivity index (χ1) is 12.0. The third-order valence-corrected chi connectivity index (χ3v) is 4.82. The summed E-state index contributed by atoms with van der Waals surface area (Å²) >= 11 is 0. The van der Waals surface area contributed by atoms with Gasteiger partial charge < -0.3 is 25.2 Å². The maximum atomic E-state index is 5.49. The lowest BCUT2D eigenvalue weighted by molar-refractivity contribution is 0.278. The van der Waals surface area contributed by atoms with Crippen LogP contribution in [0.2, 0.25) is 0 Å². The Hall–Kier alpha value is -1.22. The van der Waals surface area contributed by atoms with Gasteiger partial charge in [0.05, 0.1) is 12.8 Å². The molecule has 1 aromatic carbocycles. The maximum Gasteiger partial charge on any atom is 0.191 e. The number of ether oxygens (including phenoxy) is 1. The molecular weight excluding hydrogens is 441 g/mol. The predicted molar refractivity (Wildman–Crippen MR) is 121 cm³/mol. The monoisotopic (exact) mass is 475 g/mol. The number of rotatable bonds is 7. The highest BCUT2D eigenvalue weighted by atomic mass is 127. The van der Waals surface area contributed by atoms with Crippen molar-refractivity contribution in [1.82, 2.24) is 15.5 Å². The Kier molecular flexibility index (Phi) is 10.1. The standard InChI is InChI=1S/C19H33N5O.HI/c1-15(2)23(4)13-11-21-19(20-3)22-16-10-12-24(14-16)17-8-6-7-9-18(17)25-5;/h6-9,15-16H,10-14H2,1-5H3,(H2,20,21,22);1H. The summed E-state index contributed by atoms with van der Waals surface area (Å²) < 4.78 is 5.49. The fourth-order valence-corrected chi connectivity index (χ4v) is 2.98. The zero-order chi connectivity index (χ0) is 18.2. The molecule has 148 valence electrons. The molecule has 0 amide bonds. The van der Waals surface area contributed by atoms with Gasteiger partial charge in [-0.3, -0.25) is 4.99 Å². The van der Waals surface area contributed by atoms with Crippen molar-refractivity contribution in [2.45, 2.75) is 32.4 Å². The van der Waals surface area contributed by atoms with Crippen LogP contribution in [0.25, 0.3) is 0 Å². The molecule has 2 N–H and O–H groups in total. The Balaban J connectivity index is 0.00000338. The topological polar surface area (TPSA) is 52.1 Å². The number of anilines is 1. The average molecular weight is 475 g/mol. The van der Waals surface area contributed by atoms with Crippen molar-refractivity contribution in [3.8, 4) is 5.75 Å². The van der Waals surface area contributed by atoms with Gasteiger partial charge in [-0.1, -0.05) is 12.1 Å². The normalized spacial score (nSPS) is 17.4. The number of nitrogens with one attached hydrogen (secondary N) is 2. The third kappa shape index (κ3) is 6.50. The molecule has 1 fully saturated rings. The van der Waals surface area contributed by atoms with Crippen LogP contribution in [0.5, 0.6) is 5.75 Å². The van der Waals surface area contributed by atoms with Crippen LogP contribution in [0.15, 0.2) is 29.3 Å². The Morgan fingerprint density at radius 1 is 1.38 bits per heavy atom. The molecule has 1 saturated heterocycles. The van der Waals surface area contributed by atoms with Gasteiger partial charge in [0.1, 0.15) is 5.75 Å². The molecule has 2 rings (SSSR count). The van der Waals surface area contributed by atoms with E-state index in [-0.39, 0.29) is 24.0 Å². The van der Waals surface area contributed by atoms with Gasteiger partial charge in [-0.05, 0) is 39.4 Å². The number of methoxy groups -OCH3 is 1. The number of benzene rings is 1. The van der Waals surface area contributed by atoms with Crippen LogP contribution >= 0.6 is 24.0 Å². The Bertz CT molecular complexity index is 567. The van der Waals surface area contributed by atoms with E-state index < -0.39 is 0 Å². The fraction of sp³-hybridized carbons (Fsp3) is 0.632. The van der Waals surface area contributed by atoms with Crippen LogP contribution in [-0.4, -0.2) is 70.3 Å². The molecule has 7 heteroatoms. The van der Waals surface area contributed by atoms with Crippen LogP contribution in [0.3, 0.4) is 0 Å². The minimum atomic E-state index is 0. The summed E-state index contributed by atoms with van der Waals surface area (Å²) in [5, 5.41) is 6.96. The van der Waals surface area contributed by atoms with Crippen molar-refractivity contribution in [3.05, 3.63) is 24.3 Å². The number of halogens is 1. The summed E-state index contributed by atoms with van der Waals surface area (Å²) in [5.74, 6) is 1.81. The molecule has 1 aliphatic heterocycles. The molecule has 6 nitrogen and oxygen atoms in total. The van der Waals surface area contributed by atoms with Gasteiger partial charge >= 0.3 is 0 Å². The predicted octanol–water partition coefficient (Wildman–Crippen LogP) is 2.40. The molecule has 1 heterocycles. The molecule has 0 spiro atoms. The lowest BCUT2D eigenvalue weighted by Crippen LogP contribution is -2.46.